The number of aromatic carboxylic acids is 2. The maximum Gasteiger partial charge on any atom is 0.410 e. The molecule has 148 valence electrons. The number of likely N-dealkylation sites (tertiary alicyclic amines) is 1. The van der Waals surface area contributed by atoms with Crippen molar-refractivity contribution in [3.8, 4) is 5.75 Å². The molecule has 0 saturated carbocycles. The molecule has 0 aromatic heterocycles. The summed E-state index contributed by atoms with van der Waals surface area (Å²) in [4.78, 5) is 36.0. The molecule has 8 nitrogen and oxygen atoms in total. The van der Waals surface area contributed by atoms with Crippen LogP contribution in [0.5, 0.6) is 5.75 Å². The number of amides is 1. The third-order valence-corrected chi connectivity index (χ3v) is 4.20. The minimum absolute atomic E-state index is 0.219. The summed E-state index contributed by atoms with van der Waals surface area (Å²) < 4.78 is 11.0. The fourth-order valence-electron chi connectivity index (χ4n) is 2.80. The molecule has 1 aromatic rings. The number of piperidine rings is 1. The molecule has 0 spiro atoms. The van der Waals surface area contributed by atoms with E-state index in [1.165, 1.54) is 18.2 Å². The predicted molar refractivity (Wildman–Crippen MR) is 96.4 cm³/mol. The van der Waals surface area contributed by atoms with Crippen molar-refractivity contribution in [2.45, 2.75) is 39.2 Å². The molecule has 0 bridgehead atoms. The number of rotatable bonds is 5. The van der Waals surface area contributed by atoms with Crippen LogP contribution in [-0.2, 0) is 4.74 Å². The van der Waals surface area contributed by atoms with Gasteiger partial charge in [-0.2, -0.15) is 0 Å². The summed E-state index contributed by atoms with van der Waals surface area (Å²) in [5, 5.41) is 18.2. The SMILES string of the molecule is CC(C)(C)OC(=O)N1CCC(COc2ccc(C(=O)O)c(C(=O)O)c2)CC1. The molecular formula is C19H25NO7. The molecule has 0 unspecified atom stereocenters. The number of carboxylic acid groups (broad SMARTS) is 2. The zero-order valence-electron chi connectivity index (χ0n) is 15.7. The van der Waals surface area contributed by atoms with Gasteiger partial charge in [0.2, 0.25) is 0 Å². The van der Waals surface area contributed by atoms with Crippen LogP contribution in [0.4, 0.5) is 4.79 Å². The van der Waals surface area contributed by atoms with Crippen LogP contribution >= 0.6 is 0 Å². The Balaban J connectivity index is 1.88. The molecule has 27 heavy (non-hydrogen) atoms. The first-order valence-corrected chi connectivity index (χ1v) is 8.78. The standard InChI is InChI=1S/C19H25NO7/c1-19(2,3)27-18(25)20-8-6-12(7-9-20)11-26-13-4-5-14(16(21)22)15(10-13)17(23)24/h4-5,10,12H,6-9,11H2,1-3H3,(H,21,22)(H,23,24). The van der Waals surface area contributed by atoms with E-state index >= 15 is 0 Å². The van der Waals surface area contributed by atoms with Gasteiger partial charge in [0, 0.05) is 13.1 Å². The van der Waals surface area contributed by atoms with E-state index in [1.54, 1.807) is 4.90 Å². The normalized spacial score (nSPS) is 15.3. The second-order valence-electron chi connectivity index (χ2n) is 7.54. The summed E-state index contributed by atoms with van der Waals surface area (Å²) in [5.41, 5.74) is -1.11. The van der Waals surface area contributed by atoms with Crippen LogP contribution in [0.25, 0.3) is 0 Å². The summed E-state index contributed by atoms with van der Waals surface area (Å²) in [6, 6.07) is 3.90. The first-order chi connectivity index (χ1) is 12.6. The zero-order chi connectivity index (χ0) is 20.2. The van der Waals surface area contributed by atoms with Gasteiger partial charge in [0.25, 0.3) is 0 Å². The first-order valence-electron chi connectivity index (χ1n) is 8.78. The Morgan fingerprint density at radius 1 is 1.07 bits per heavy atom. The Kier molecular flexibility index (Phi) is 6.30. The van der Waals surface area contributed by atoms with Gasteiger partial charge in [0.05, 0.1) is 17.7 Å². The molecule has 1 amide bonds. The molecule has 2 N–H and O–H groups in total. The average molecular weight is 379 g/mol. The van der Waals surface area contributed by atoms with E-state index in [1.807, 2.05) is 20.8 Å². The Bertz CT molecular complexity index is 715. The highest BCUT2D eigenvalue weighted by molar-refractivity contribution is 6.01. The van der Waals surface area contributed by atoms with Gasteiger partial charge in [0.1, 0.15) is 11.4 Å². The van der Waals surface area contributed by atoms with E-state index < -0.39 is 17.5 Å². The fourth-order valence-corrected chi connectivity index (χ4v) is 2.80. The number of carbonyl (C=O) groups is 3. The van der Waals surface area contributed by atoms with Crippen LogP contribution in [0.2, 0.25) is 0 Å². The van der Waals surface area contributed by atoms with Gasteiger partial charge in [-0.15, -0.1) is 0 Å². The lowest BCUT2D eigenvalue weighted by Crippen LogP contribution is -2.42. The lowest BCUT2D eigenvalue weighted by atomic mass is 9.98. The van der Waals surface area contributed by atoms with Gasteiger partial charge in [-0.1, -0.05) is 0 Å². The van der Waals surface area contributed by atoms with Gasteiger partial charge in [-0.05, 0) is 57.7 Å². The van der Waals surface area contributed by atoms with E-state index in [0.717, 1.165) is 12.8 Å². The molecule has 2 rings (SSSR count). The van der Waals surface area contributed by atoms with Gasteiger partial charge >= 0.3 is 18.0 Å². The van der Waals surface area contributed by atoms with Gasteiger partial charge < -0.3 is 24.6 Å². The molecular weight excluding hydrogens is 354 g/mol. The topological polar surface area (TPSA) is 113 Å². The van der Waals surface area contributed by atoms with Crippen LogP contribution in [0.1, 0.15) is 54.3 Å². The summed E-state index contributed by atoms with van der Waals surface area (Å²) in [5.74, 6) is -2.08. The number of benzene rings is 1. The quantitative estimate of drug-likeness (QED) is 0.808. The molecule has 1 aliphatic heterocycles. The van der Waals surface area contributed by atoms with Crippen molar-refractivity contribution >= 4 is 18.0 Å². The first kappa shape index (κ1) is 20.5. The molecule has 8 heteroatoms. The maximum absolute atomic E-state index is 12.1. The largest absolute Gasteiger partial charge is 0.493 e. The Labute approximate surface area is 157 Å². The third kappa shape index (κ3) is 5.87. The lowest BCUT2D eigenvalue weighted by molar-refractivity contribution is 0.0164. The highest BCUT2D eigenvalue weighted by Gasteiger charge is 2.27. The highest BCUT2D eigenvalue weighted by Crippen LogP contribution is 2.23. The van der Waals surface area contributed by atoms with E-state index in [0.29, 0.717) is 25.4 Å². The van der Waals surface area contributed by atoms with Crippen molar-refractivity contribution in [2.24, 2.45) is 5.92 Å². The molecule has 0 atom stereocenters. The van der Waals surface area contributed by atoms with Gasteiger partial charge in [-0.25, -0.2) is 14.4 Å². The molecule has 1 saturated heterocycles. The van der Waals surface area contributed by atoms with E-state index in [2.05, 4.69) is 0 Å². The summed E-state index contributed by atoms with van der Waals surface area (Å²) >= 11 is 0. The maximum atomic E-state index is 12.1. The zero-order valence-corrected chi connectivity index (χ0v) is 15.7. The monoisotopic (exact) mass is 379 g/mol. The van der Waals surface area contributed by atoms with Gasteiger partial charge in [0.15, 0.2) is 0 Å². The number of hydrogen-bond donors (Lipinski definition) is 2. The molecule has 0 aliphatic carbocycles. The van der Waals surface area contributed by atoms with Crippen molar-refractivity contribution in [1.29, 1.82) is 0 Å². The smallest absolute Gasteiger partial charge is 0.410 e. The summed E-state index contributed by atoms with van der Waals surface area (Å²) in [6.07, 6.45) is 1.17. The summed E-state index contributed by atoms with van der Waals surface area (Å²) in [7, 11) is 0. The second-order valence-corrected chi connectivity index (χ2v) is 7.54. The van der Waals surface area contributed by atoms with Crippen molar-refractivity contribution in [2.75, 3.05) is 19.7 Å². The second kappa shape index (κ2) is 8.28. The van der Waals surface area contributed by atoms with Crippen molar-refractivity contribution < 1.29 is 34.1 Å². The molecule has 1 fully saturated rings. The third-order valence-electron chi connectivity index (χ3n) is 4.20. The molecule has 1 aliphatic rings. The number of ether oxygens (including phenoxy) is 2. The van der Waals surface area contributed by atoms with E-state index in [-0.39, 0.29) is 23.1 Å². The Morgan fingerprint density at radius 3 is 2.19 bits per heavy atom. The Hall–Kier alpha value is -2.77. The summed E-state index contributed by atoms with van der Waals surface area (Å²) in [6.45, 7) is 6.99. The van der Waals surface area contributed by atoms with Crippen molar-refractivity contribution in [1.82, 2.24) is 4.90 Å². The van der Waals surface area contributed by atoms with Crippen molar-refractivity contribution in [3.63, 3.8) is 0 Å². The fraction of sp³-hybridized carbons (Fsp3) is 0.526. The average Bonchev–Trinajstić information content (AvgIpc) is 2.58. The Morgan fingerprint density at radius 2 is 1.67 bits per heavy atom. The van der Waals surface area contributed by atoms with Crippen molar-refractivity contribution in [3.05, 3.63) is 29.3 Å². The van der Waals surface area contributed by atoms with Crippen LogP contribution < -0.4 is 4.74 Å². The number of hydrogen-bond acceptors (Lipinski definition) is 5. The minimum Gasteiger partial charge on any atom is -0.493 e. The molecule has 1 aromatic carbocycles. The molecule has 1 heterocycles. The lowest BCUT2D eigenvalue weighted by Gasteiger charge is -2.33. The van der Waals surface area contributed by atoms with Gasteiger partial charge in [-0.3, -0.25) is 0 Å². The van der Waals surface area contributed by atoms with E-state index in [4.69, 9.17) is 19.7 Å². The van der Waals surface area contributed by atoms with Crippen LogP contribution in [-0.4, -0.2) is 58.4 Å². The minimum atomic E-state index is -1.32. The predicted octanol–water partition coefficient (Wildman–Crippen LogP) is 3.11. The van der Waals surface area contributed by atoms with E-state index in [9.17, 15) is 14.4 Å². The van der Waals surface area contributed by atoms with Crippen LogP contribution in [0, 0.1) is 5.92 Å². The van der Waals surface area contributed by atoms with Crippen LogP contribution in [0.15, 0.2) is 18.2 Å². The highest BCUT2D eigenvalue weighted by atomic mass is 16.6. The number of carbonyl (C=O) groups excluding carboxylic acids is 1. The molecule has 0 radical (unpaired) electrons. The number of nitrogens with zero attached hydrogens (tertiary/aromatic N) is 1. The number of carboxylic acids is 2. The van der Waals surface area contributed by atoms with Crippen LogP contribution in [0.3, 0.4) is 0 Å².